The van der Waals surface area contributed by atoms with E-state index >= 15 is 0 Å². The topological polar surface area (TPSA) is 84.2 Å². The van der Waals surface area contributed by atoms with Crippen molar-refractivity contribution in [2.24, 2.45) is 0 Å². The summed E-state index contributed by atoms with van der Waals surface area (Å²) in [5.41, 5.74) is 2.86. The normalized spacial score (nSPS) is 14.8. The molecule has 1 aromatic heterocycles. The van der Waals surface area contributed by atoms with Crippen LogP contribution in [0.4, 0.5) is 0 Å². The van der Waals surface area contributed by atoms with Crippen LogP contribution in [0.5, 0.6) is 0 Å². The average Bonchev–Trinajstić information content (AvgIpc) is 3.06. The van der Waals surface area contributed by atoms with Crippen LogP contribution in [0.1, 0.15) is 21.5 Å². The quantitative estimate of drug-likeness (QED) is 0.808. The number of hydrogen-bond acceptors (Lipinski definition) is 5. The van der Waals surface area contributed by atoms with Gasteiger partial charge >= 0.3 is 0 Å². The molecule has 0 N–H and O–H groups in total. The Labute approximate surface area is 140 Å². The fraction of sp³-hybridized carbons (Fsp3) is 0.438. The van der Waals surface area contributed by atoms with Gasteiger partial charge in [-0.05, 0) is 36.4 Å². The molecule has 1 aliphatic rings. The molecular weight excluding hydrogens is 308 g/mol. The highest BCUT2D eigenvalue weighted by Gasteiger charge is 2.25. The zero-order valence-electron chi connectivity index (χ0n) is 13.8. The highest BCUT2D eigenvalue weighted by atomic mass is 16.2. The lowest BCUT2D eigenvalue weighted by Gasteiger charge is -2.34. The zero-order chi connectivity index (χ0) is 17.1. The smallest absolute Gasteiger partial charge is 0.253 e. The molecule has 3 rings (SSSR count). The molecular formula is C16H20N6O2. The number of aromatic nitrogens is 4. The third kappa shape index (κ3) is 3.58. The predicted octanol–water partition coefficient (Wildman–Crippen LogP) is 0.275. The number of benzene rings is 1. The third-order valence-electron chi connectivity index (χ3n) is 4.08. The van der Waals surface area contributed by atoms with E-state index in [-0.39, 0.29) is 18.4 Å². The van der Waals surface area contributed by atoms with Gasteiger partial charge in [-0.2, -0.15) is 0 Å². The minimum Gasteiger partial charge on any atom is -0.338 e. The highest BCUT2D eigenvalue weighted by molar-refractivity contribution is 5.94. The van der Waals surface area contributed by atoms with Crippen LogP contribution < -0.4 is 0 Å². The van der Waals surface area contributed by atoms with E-state index in [0.717, 1.165) is 11.1 Å². The lowest BCUT2D eigenvalue weighted by atomic mass is 10.1. The van der Waals surface area contributed by atoms with Crippen LogP contribution in [-0.4, -0.2) is 68.0 Å². The summed E-state index contributed by atoms with van der Waals surface area (Å²) < 4.78 is 1.40. The Bertz CT molecular complexity index is 715. The van der Waals surface area contributed by atoms with Crippen molar-refractivity contribution in [2.45, 2.75) is 20.4 Å². The van der Waals surface area contributed by atoms with Gasteiger partial charge in [-0.15, -0.1) is 5.10 Å². The first-order chi connectivity index (χ1) is 11.5. The number of piperazine rings is 1. The van der Waals surface area contributed by atoms with Crippen molar-refractivity contribution in [3.63, 3.8) is 0 Å². The van der Waals surface area contributed by atoms with Crippen LogP contribution in [0.25, 0.3) is 0 Å². The fourth-order valence-corrected chi connectivity index (χ4v) is 2.93. The molecule has 24 heavy (non-hydrogen) atoms. The molecule has 1 aromatic carbocycles. The van der Waals surface area contributed by atoms with E-state index in [1.807, 2.05) is 32.0 Å². The van der Waals surface area contributed by atoms with Crippen LogP contribution in [0.3, 0.4) is 0 Å². The number of carbonyl (C=O) groups excluding carboxylic acids is 2. The van der Waals surface area contributed by atoms with E-state index in [4.69, 9.17) is 0 Å². The van der Waals surface area contributed by atoms with Crippen molar-refractivity contribution in [1.82, 2.24) is 30.0 Å². The van der Waals surface area contributed by atoms with Crippen molar-refractivity contribution in [3.8, 4) is 0 Å². The molecule has 0 spiro atoms. The zero-order valence-corrected chi connectivity index (χ0v) is 13.8. The largest absolute Gasteiger partial charge is 0.338 e. The van der Waals surface area contributed by atoms with Gasteiger partial charge in [-0.3, -0.25) is 9.59 Å². The Kier molecular flexibility index (Phi) is 4.54. The molecule has 8 heteroatoms. The van der Waals surface area contributed by atoms with Crippen LogP contribution in [0.15, 0.2) is 24.5 Å². The van der Waals surface area contributed by atoms with Crippen LogP contribution >= 0.6 is 0 Å². The lowest BCUT2D eigenvalue weighted by Crippen LogP contribution is -2.51. The van der Waals surface area contributed by atoms with Crippen LogP contribution in [0, 0.1) is 13.8 Å². The third-order valence-corrected chi connectivity index (χ3v) is 4.08. The van der Waals surface area contributed by atoms with Gasteiger partial charge < -0.3 is 9.80 Å². The van der Waals surface area contributed by atoms with Gasteiger partial charge in [0.2, 0.25) is 5.91 Å². The van der Waals surface area contributed by atoms with E-state index in [2.05, 4.69) is 15.5 Å². The Hall–Kier alpha value is -2.77. The monoisotopic (exact) mass is 328 g/mol. The summed E-state index contributed by atoms with van der Waals surface area (Å²) >= 11 is 0. The molecule has 0 bridgehead atoms. The number of carbonyl (C=O) groups is 2. The van der Waals surface area contributed by atoms with Gasteiger partial charge in [0.05, 0.1) is 0 Å². The molecule has 0 atom stereocenters. The van der Waals surface area contributed by atoms with Crippen molar-refractivity contribution in [1.29, 1.82) is 0 Å². The summed E-state index contributed by atoms with van der Waals surface area (Å²) in [5, 5.41) is 10.7. The molecule has 126 valence electrons. The second-order valence-corrected chi connectivity index (χ2v) is 6.06. The van der Waals surface area contributed by atoms with Gasteiger partial charge in [-0.25, -0.2) is 4.68 Å². The Balaban J connectivity index is 1.58. The van der Waals surface area contributed by atoms with Gasteiger partial charge in [-0.1, -0.05) is 17.2 Å². The first kappa shape index (κ1) is 16.1. The van der Waals surface area contributed by atoms with Gasteiger partial charge in [0.15, 0.2) is 0 Å². The molecule has 2 heterocycles. The second-order valence-electron chi connectivity index (χ2n) is 6.06. The number of rotatable bonds is 3. The Morgan fingerprint density at radius 1 is 1.00 bits per heavy atom. The Morgan fingerprint density at radius 2 is 1.62 bits per heavy atom. The van der Waals surface area contributed by atoms with E-state index in [9.17, 15) is 9.59 Å². The lowest BCUT2D eigenvalue weighted by molar-refractivity contribution is -0.133. The second kappa shape index (κ2) is 6.77. The molecule has 0 radical (unpaired) electrons. The SMILES string of the molecule is Cc1cc(C)cc(C(=O)N2CCN(C(=O)Cn3cnnn3)CC2)c1. The van der Waals surface area contributed by atoms with Crippen molar-refractivity contribution in [3.05, 3.63) is 41.2 Å². The molecule has 2 amide bonds. The molecule has 1 fully saturated rings. The molecule has 2 aromatic rings. The molecule has 0 unspecified atom stereocenters. The first-order valence-corrected chi connectivity index (χ1v) is 7.89. The van der Waals surface area contributed by atoms with Gasteiger partial charge in [0, 0.05) is 31.7 Å². The highest BCUT2D eigenvalue weighted by Crippen LogP contribution is 2.13. The van der Waals surface area contributed by atoms with Crippen molar-refractivity contribution in [2.75, 3.05) is 26.2 Å². The number of hydrogen-bond donors (Lipinski definition) is 0. The minimum absolute atomic E-state index is 0.0226. The molecule has 1 saturated heterocycles. The van der Waals surface area contributed by atoms with Gasteiger partial charge in [0.25, 0.3) is 5.91 Å². The average molecular weight is 328 g/mol. The maximum atomic E-state index is 12.6. The van der Waals surface area contributed by atoms with Crippen LogP contribution in [-0.2, 0) is 11.3 Å². The molecule has 0 saturated carbocycles. The van der Waals surface area contributed by atoms with Crippen LogP contribution in [0.2, 0.25) is 0 Å². The van der Waals surface area contributed by atoms with Crippen molar-refractivity contribution >= 4 is 11.8 Å². The van der Waals surface area contributed by atoms with E-state index in [1.54, 1.807) is 9.80 Å². The summed E-state index contributed by atoms with van der Waals surface area (Å²) in [6.07, 6.45) is 1.41. The first-order valence-electron chi connectivity index (χ1n) is 7.89. The number of tetrazole rings is 1. The fourth-order valence-electron chi connectivity index (χ4n) is 2.93. The summed E-state index contributed by atoms with van der Waals surface area (Å²) in [6, 6.07) is 5.86. The number of amides is 2. The maximum absolute atomic E-state index is 12.6. The summed E-state index contributed by atoms with van der Waals surface area (Å²) in [6.45, 7) is 6.21. The molecule has 1 aliphatic heterocycles. The summed E-state index contributed by atoms with van der Waals surface area (Å²) in [5.74, 6) is -0.0184. The maximum Gasteiger partial charge on any atom is 0.253 e. The summed E-state index contributed by atoms with van der Waals surface area (Å²) in [7, 11) is 0. The Morgan fingerprint density at radius 3 is 2.21 bits per heavy atom. The summed E-state index contributed by atoms with van der Waals surface area (Å²) in [4.78, 5) is 28.4. The minimum atomic E-state index is -0.0409. The molecule has 8 nitrogen and oxygen atoms in total. The number of nitrogens with zero attached hydrogens (tertiary/aromatic N) is 6. The van der Waals surface area contributed by atoms with E-state index in [1.165, 1.54) is 11.0 Å². The number of aryl methyl sites for hydroxylation is 2. The van der Waals surface area contributed by atoms with E-state index in [0.29, 0.717) is 31.7 Å². The van der Waals surface area contributed by atoms with E-state index < -0.39 is 0 Å². The predicted molar refractivity (Wildman–Crippen MR) is 86.2 cm³/mol. The molecule has 0 aliphatic carbocycles. The standard InChI is InChI=1S/C16H20N6O2/c1-12-7-13(2)9-14(8-12)16(24)21-5-3-20(4-6-21)15(23)10-22-11-17-18-19-22/h7-9,11H,3-6,10H2,1-2H3. The van der Waals surface area contributed by atoms with Crippen molar-refractivity contribution < 1.29 is 9.59 Å². The van der Waals surface area contributed by atoms with Gasteiger partial charge in [0.1, 0.15) is 12.9 Å².